The first-order chi connectivity index (χ1) is 28.0. The standard InChI is InChI=1S/C24H32N2.2C12H16O4.Ni/c1-3-5-7-14-20-24(26-22-17-12-9-13-18-22)23(19-6-4-2)25-21-15-10-8-11-16-21;2*1-2-3-4-5-8-6-7-9(13)11(14)10(8)12(15)16;/h8-13,15-18H,3-7,14,19-20H2,1-2H3;2*6-7,13-14H,2-5H2,1H3,(H,15,16);/q;;;+2/p-2. The van der Waals surface area contributed by atoms with Gasteiger partial charge in [-0.1, -0.05) is 128 Å². The largest absolute Gasteiger partial charge is 2.00 e. The van der Waals surface area contributed by atoms with Gasteiger partial charge in [0.05, 0.1) is 34.7 Å². The Kier molecular flexibility index (Phi) is 26.4. The maximum Gasteiger partial charge on any atom is 2.00 e. The number of phenols is 4. The van der Waals surface area contributed by atoms with Crippen LogP contribution in [0.25, 0.3) is 0 Å². The van der Waals surface area contributed by atoms with Gasteiger partial charge in [0.1, 0.15) is 0 Å². The van der Waals surface area contributed by atoms with E-state index in [-0.39, 0.29) is 27.6 Å². The van der Waals surface area contributed by atoms with Gasteiger partial charge in [0.2, 0.25) is 0 Å². The van der Waals surface area contributed by atoms with Crippen LogP contribution in [0.3, 0.4) is 0 Å². The number of carboxylic acid groups (broad SMARTS) is 2. The van der Waals surface area contributed by atoms with Crippen LogP contribution in [0.2, 0.25) is 0 Å². The third-order valence-electron chi connectivity index (χ3n) is 9.40. The van der Waals surface area contributed by atoms with Crippen LogP contribution in [0, 0.1) is 0 Å². The quantitative estimate of drug-likeness (QED) is 0.0276. The molecule has 0 spiro atoms. The number of aryl methyl sites for hydroxylation is 2. The fourth-order valence-corrected chi connectivity index (χ4v) is 6.16. The molecule has 4 aromatic rings. The Morgan fingerprint density at radius 3 is 1.19 bits per heavy atom. The van der Waals surface area contributed by atoms with Crippen LogP contribution < -0.4 is 10.2 Å². The first kappa shape index (κ1) is 51.9. The van der Waals surface area contributed by atoms with E-state index in [2.05, 4.69) is 38.1 Å². The second-order valence-electron chi connectivity index (χ2n) is 14.1. The first-order valence-corrected chi connectivity index (χ1v) is 20.7. The Morgan fingerprint density at radius 1 is 0.475 bits per heavy atom. The van der Waals surface area contributed by atoms with Gasteiger partial charge in [0, 0.05) is 11.1 Å². The van der Waals surface area contributed by atoms with Crippen LogP contribution in [0.1, 0.15) is 149 Å². The Bertz CT molecular complexity index is 1810. The van der Waals surface area contributed by atoms with E-state index in [1.807, 2.05) is 50.2 Å². The molecule has 0 unspecified atom stereocenters. The first-order valence-electron chi connectivity index (χ1n) is 20.7. The van der Waals surface area contributed by atoms with Gasteiger partial charge in [0.15, 0.2) is 23.0 Å². The van der Waals surface area contributed by atoms with E-state index in [1.54, 1.807) is 0 Å². The summed E-state index contributed by atoms with van der Waals surface area (Å²) in [4.78, 5) is 31.7. The van der Waals surface area contributed by atoms with Crippen molar-refractivity contribution >= 4 is 34.7 Å². The van der Waals surface area contributed by atoms with Crippen LogP contribution in [0.15, 0.2) is 94.9 Å². The van der Waals surface area contributed by atoms with Crippen molar-refractivity contribution in [2.24, 2.45) is 9.98 Å². The Balaban J connectivity index is 0.000000461. The average Bonchev–Trinajstić information content (AvgIpc) is 3.21. The summed E-state index contributed by atoms with van der Waals surface area (Å²) in [7, 11) is 0. The minimum atomic E-state index is -1.46. The molecule has 0 aliphatic rings. The zero-order valence-corrected chi connectivity index (χ0v) is 36.0. The number of hydrogen-bond acceptors (Lipinski definition) is 10. The molecule has 0 atom stereocenters. The molecule has 0 radical (unpaired) electrons. The normalized spacial score (nSPS) is 11.1. The van der Waals surface area contributed by atoms with Gasteiger partial charge >= 0.3 is 16.5 Å². The summed E-state index contributed by atoms with van der Waals surface area (Å²) in [5.41, 5.74) is 4.77. The number of carbonyl (C=O) groups is 2. The number of aliphatic imine (C=N–C) groups is 2. The van der Waals surface area contributed by atoms with Crippen molar-refractivity contribution in [3.8, 4) is 23.0 Å². The fourth-order valence-electron chi connectivity index (χ4n) is 6.16. The van der Waals surface area contributed by atoms with Crippen molar-refractivity contribution in [2.45, 2.75) is 130 Å². The van der Waals surface area contributed by atoms with Crippen LogP contribution in [0.4, 0.5) is 11.4 Å². The Labute approximate surface area is 360 Å². The van der Waals surface area contributed by atoms with Gasteiger partial charge in [-0.2, -0.15) is 0 Å². The maximum absolute atomic E-state index is 10.8. The van der Waals surface area contributed by atoms with E-state index < -0.39 is 34.9 Å². The van der Waals surface area contributed by atoms with Crippen LogP contribution in [-0.4, -0.2) is 43.8 Å². The molecule has 0 saturated carbocycles. The number of hydrogen-bond donors (Lipinski definition) is 4. The smallest absolute Gasteiger partial charge is 0.545 e. The van der Waals surface area contributed by atoms with Gasteiger partial charge in [-0.25, -0.2) is 0 Å². The molecule has 0 heterocycles. The summed E-state index contributed by atoms with van der Waals surface area (Å²) >= 11 is 0. The molecule has 0 aliphatic heterocycles. The number of para-hydroxylation sites is 2. The van der Waals surface area contributed by atoms with Crippen molar-refractivity contribution in [1.29, 1.82) is 0 Å². The van der Waals surface area contributed by atoms with Gasteiger partial charge in [0.25, 0.3) is 0 Å². The minimum Gasteiger partial charge on any atom is -0.545 e. The van der Waals surface area contributed by atoms with E-state index >= 15 is 0 Å². The van der Waals surface area contributed by atoms with Gasteiger partial charge in [-0.05, 0) is 98.9 Å². The van der Waals surface area contributed by atoms with Crippen molar-refractivity contribution in [1.82, 2.24) is 0 Å². The maximum atomic E-state index is 10.8. The Hall–Kier alpha value is -5.15. The topological polar surface area (TPSA) is 186 Å². The molecule has 0 fully saturated rings. The van der Waals surface area contributed by atoms with Gasteiger partial charge in [-0.3, -0.25) is 9.98 Å². The zero-order valence-electron chi connectivity index (χ0n) is 35.0. The SMILES string of the molecule is CCCCCCC(=Nc1ccccc1)C(CCCC)=Nc1ccccc1.CCCCCc1ccc(O)c(O)c1C(=O)[O-].CCCCCc1ccc(O)c(O)c1C(=O)[O-].[Ni+2]. The van der Waals surface area contributed by atoms with Gasteiger partial charge < -0.3 is 40.2 Å². The van der Waals surface area contributed by atoms with Crippen LogP contribution in [0.5, 0.6) is 23.0 Å². The molecule has 4 N–H and O–H groups in total. The average molecular weight is 854 g/mol. The summed E-state index contributed by atoms with van der Waals surface area (Å²) in [5.74, 6) is -4.99. The molecule has 0 aromatic heterocycles. The third-order valence-corrected chi connectivity index (χ3v) is 9.40. The predicted molar refractivity (Wildman–Crippen MR) is 230 cm³/mol. The number of benzene rings is 4. The molecule has 59 heavy (non-hydrogen) atoms. The molecule has 10 nitrogen and oxygen atoms in total. The fraction of sp³-hybridized carbons (Fsp3) is 0.417. The minimum absolute atomic E-state index is 0. The number of carbonyl (C=O) groups excluding carboxylic acids is 2. The summed E-state index contributed by atoms with van der Waals surface area (Å²) in [6.07, 6.45) is 16.2. The molecular formula is C48H62N2NiO8. The molecule has 4 rings (SSSR count). The zero-order chi connectivity index (χ0) is 42.7. The second kappa shape index (κ2) is 30.0. The van der Waals surface area contributed by atoms with Crippen LogP contribution >= 0.6 is 0 Å². The molecule has 4 aromatic carbocycles. The molecule has 322 valence electrons. The molecule has 0 aliphatic carbocycles. The van der Waals surface area contributed by atoms with E-state index in [0.29, 0.717) is 24.0 Å². The van der Waals surface area contributed by atoms with Crippen LogP contribution in [-0.2, 0) is 29.3 Å². The number of nitrogens with zero attached hydrogens (tertiary/aromatic N) is 2. The van der Waals surface area contributed by atoms with E-state index in [4.69, 9.17) is 9.98 Å². The van der Waals surface area contributed by atoms with Crippen molar-refractivity contribution < 1.29 is 56.7 Å². The van der Waals surface area contributed by atoms with Crippen molar-refractivity contribution in [3.63, 3.8) is 0 Å². The monoisotopic (exact) mass is 852 g/mol. The summed E-state index contributed by atoms with van der Waals surface area (Å²) in [6, 6.07) is 26.2. The molecule has 11 heteroatoms. The number of carboxylic acids is 2. The van der Waals surface area contributed by atoms with E-state index in [1.165, 1.54) is 56.4 Å². The van der Waals surface area contributed by atoms with E-state index in [0.717, 1.165) is 80.6 Å². The molecular weight excluding hydrogens is 791 g/mol. The molecule has 0 amide bonds. The second-order valence-corrected chi connectivity index (χ2v) is 14.1. The number of rotatable bonds is 21. The number of aromatic carboxylic acids is 2. The summed E-state index contributed by atoms with van der Waals surface area (Å²) < 4.78 is 0. The van der Waals surface area contributed by atoms with Crippen molar-refractivity contribution in [2.75, 3.05) is 0 Å². The Morgan fingerprint density at radius 2 is 0.831 bits per heavy atom. The van der Waals surface area contributed by atoms with E-state index in [9.17, 15) is 40.2 Å². The van der Waals surface area contributed by atoms with Gasteiger partial charge in [-0.15, -0.1) is 0 Å². The predicted octanol–water partition coefficient (Wildman–Crippen LogP) is 10.1. The molecule has 0 saturated heterocycles. The number of phenolic OH excluding ortho intramolecular Hbond substituents is 2. The number of aromatic hydroxyl groups is 4. The summed E-state index contributed by atoms with van der Waals surface area (Å²) in [5, 5.41) is 59.0. The number of unbranched alkanes of at least 4 members (excludes halogenated alkanes) is 8. The molecule has 0 bridgehead atoms. The van der Waals surface area contributed by atoms with Crippen molar-refractivity contribution in [3.05, 3.63) is 107 Å². The third kappa shape index (κ3) is 19.0. The summed E-state index contributed by atoms with van der Waals surface area (Å²) in [6.45, 7) is 8.58.